The Morgan fingerprint density at radius 2 is 1.86 bits per heavy atom. The van der Waals surface area contributed by atoms with E-state index >= 15 is 0 Å². The molecular formula is C19H40N2. The zero-order chi connectivity index (χ0) is 16.0. The molecule has 0 aromatic carbocycles. The summed E-state index contributed by atoms with van der Waals surface area (Å²) in [4.78, 5) is 2.64. The van der Waals surface area contributed by atoms with Crippen LogP contribution in [-0.4, -0.2) is 37.1 Å². The maximum atomic E-state index is 3.82. The van der Waals surface area contributed by atoms with Crippen molar-refractivity contribution in [2.75, 3.05) is 20.1 Å². The summed E-state index contributed by atoms with van der Waals surface area (Å²) < 4.78 is 0. The van der Waals surface area contributed by atoms with Crippen molar-refractivity contribution >= 4 is 0 Å². The summed E-state index contributed by atoms with van der Waals surface area (Å²) in [5.74, 6) is 1.67. The highest BCUT2D eigenvalue weighted by Crippen LogP contribution is 2.39. The van der Waals surface area contributed by atoms with Crippen molar-refractivity contribution in [3.8, 4) is 0 Å². The second-order valence-corrected chi connectivity index (χ2v) is 8.67. The standard InChI is InChI=1S/C19H40N2/c1-8-12-20-17-10-9-16(19(4,5)6)14-18(17)21(7)13-11-15(2)3/h15-18,20H,8-14H2,1-7H3. The first-order valence-corrected chi connectivity index (χ1v) is 9.19. The number of hydrogen-bond donors (Lipinski definition) is 1. The first-order valence-electron chi connectivity index (χ1n) is 9.19. The Hall–Kier alpha value is -0.0800. The predicted molar refractivity (Wildman–Crippen MR) is 94.8 cm³/mol. The van der Waals surface area contributed by atoms with Crippen molar-refractivity contribution in [3.05, 3.63) is 0 Å². The van der Waals surface area contributed by atoms with E-state index in [0.717, 1.165) is 11.8 Å². The second kappa shape index (κ2) is 8.53. The van der Waals surface area contributed by atoms with Gasteiger partial charge in [-0.3, -0.25) is 0 Å². The Bertz CT molecular complexity index is 280. The van der Waals surface area contributed by atoms with E-state index in [-0.39, 0.29) is 0 Å². The zero-order valence-electron chi connectivity index (χ0n) is 15.7. The fourth-order valence-electron chi connectivity index (χ4n) is 3.62. The Morgan fingerprint density at radius 1 is 1.19 bits per heavy atom. The molecule has 3 atom stereocenters. The molecule has 21 heavy (non-hydrogen) atoms. The normalized spacial score (nSPS) is 27.6. The van der Waals surface area contributed by atoms with Crippen LogP contribution in [0, 0.1) is 17.3 Å². The average Bonchev–Trinajstić information content (AvgIpc) is 2.41. The summed E-state index contributed by atoms with van der Waals surface area (Å²) in [5, 5.41) is 3.82. The van der Waals surface area contributed by atoms with Gasteiger partial charge in [0.05, 0.1) is 0 Å². The first kappa shape index (κ1) is 19.0. The summed E-state index contributed by atoms with van der Waals surface area (Å²) in [6.45, 7) is 16.6. The van der Waals surface area contributed by atoms with Gasteiger partial charge < -0.3 is 10.2 Å². The van der Waals surface area contributed by atoms with Gasteiger partial charge in [-0.25, -0.2) is 0 Å². The van der Waals surface area contributed by atoms with Crippen LogP contribution in [0.15, 0.2) is 0 Å². The van der Waals surface area contributed by atoms with Crippen LogP contribution in [0.2, 0.25) is 0 Å². The third-order valence-electron chi connectivity index (χ3n) is 5.32. The molecular weight excluding hydrogens is 256 g/mol. The minimum atomic E-state index is 0.451. The minimum Gasteiger partial charge on any atom is -0.312 e. The molecule has 0 aromatic heterocycles. The Labute approximate surface area is 134 Å². The monoisotopic (exact) mass is 296 g/mol. The lowest BCUT2D eigenvalue weighted by atomic mass is 9.69. The summed E-state index contributed by atoms with van der Waals surface area (Å²) in [6, 6.07) is 1.41. The molecule has 0 heterocycles. The topological polar surface area (TPSA) is 15.3 Å². The number of likely N-dealkylation sites (N-methyl/N-ethyl adjacent to an activating group) is 1. The van der Waals surface area contributed by atoms with Crippen LogP contribution in [0.4, 0.5) is 0 Å². The smallest absolute Gasteiger partial charge is 0.0249 e. The van der Waals surface area contributed by atoms with Crippen molar-refractivity contribution in [1.82, 2.24) is 10.2 Å². The quantitative estimate of drug-likeness (QED) is 0.741. The average molecular weight is 297 g/mol. The van der Waals surface area contributed by atoms with Gasteiger partial charge >= 0.3 is 0 Å². The molecule has 1 aliphatic rings. The van der Waals surface area contributed by atoms with Gasteiger partial charge in [0.15, 0.2) is 0 Å². The minimum absolute atomic E-state index is 0.451. The molecule has 0 amide bonds. The molecule has 0 saturated heterocycles. The lowest BCUT2D eigenvalue weighted by Crippen LogP contribution is -2.53. The Morgan fingerprint density at radius 3 is 2.38 bits per heavy atom. The number of nitrogens with one attached hydrogen (secondary N) is 1. The van der Waals surface area contributed by atoms with Crippen LogP contribution in [-0.2, 0) is 0 Å². The molecule has 0 bridgehead atoms. The zero-order valence-corrected chi connectivity index (χ0v) is 15.7. The largest absolute Gasteiger partial charge is 0.312 e. The molecule has 2 nitrogen and oxygen atoms in total. The van der Waals surface area contributed by atoms with Gasteiger partial charge in [0.2, 0.25) is 0 Å². The highest BCUT2D eigenvalue weighted by atomic mass is 15.2. The van der Waals surface area contributed by atoms with E-state index in [1.165, 1.54) is 45.2 Å². The summed E-state index contributed by atoms with van der Waals surface area (Å²) >= 11 is 0. The van der Waals surface area contributed by atoms with Crippen LogP contribution < -0.4 is 5.32 Å². The molecule has 126 valence electrons. The third kappa shape index (κ3) is 6.28. The molecule has 1 fully saturated rings. The van der Waals surface area contributed by atoms with Gasteiger partial charge in [-0.05, 0) is 69.5 Å². The van der Waals surface area contributed by atoms with Gasteiger partial charge in [0.1, 0.15) is 0 Å². The van der Waals surface area contributed by atoms with Crippen LogP contribution >= 0.6 is 0 Å². The summed E-state index contributed by atoms with van der Waals surface area (Å²) in [7, 11) is 2.35. The molecule has 1 N–H and O–H groups in total. The van der Waals surface area contributed by atoms with E-state index in [1.807, 2.05) is 0 Å². The van der Waals surface area contributed by atoms with Crippen molar-refractivity contribution in [2.24, 2.45) is 17.3 Å². The highest BCUT2D eigenvalue weighted by Gasteiger charge is 2.37. The van der Waals surface area contributed by atoms with E-state index in [1.54, 1.807) is 0 Å². The van der Waals surface area contributed by atoms with Crippen LogP contribution in [0.1, 0.15) is 73.6 Å². The first-order chi connectivity index (χ1) is 9.75. The molecule has 1 rings (SSSR count). The van der Waals surface area contributed by atoms with Crippen LogP contribution in [0.5, 0.6) is 0 Å². The van der Waals surface area contributed by atoms with Gasteiger partial charge in [-0.1, -0.05) is 41.5 Å². The van der Waals surface area contributed by atoms with E-state index in [9.17, 15) is 0 Å². The van der Waals surface area contributed by atoms with Crippen LogP contribution in [0.25, 0.3) is 0 Å². The highest BCUT2D eigenvalue weighted by molar-refractivity contribution is 4.93. The van der Waals surface area contributed by atoms with E-state index in [2.05, 4.69) is 58.8 Å². The molecule has 0 radical (unpaired) electrons. The second-order valence-electron chi connectivity index (χ2n) is 8.67. The van der Waals surface area contributed by atoms with Crippen molar-refractivity contribution in [1.29, 1.82) is 0 Å². The molecule has 0 spiro atoms. The van der Waals surface area contributed by atoms with Gasteiger partial charge in [0.25, 0.3) is 0 Å². The lowest BCUT2D eigenvalue weighted by Gasteiger charge is -2.45. The molecule has 0 aromatic rings. The molecule has 2 heteroatoms. The maximum absolute atomic E-state index is 3.82. The van der Waals surface area contributed by atoms with Gasteiger partial charge in [0, 0.05) is 12.1 Å². The molecule has 1 saturated carbocycles. The van der Waals surface area contributed by atoms with Gasteiger partial charge in [-0.15, -0.1) is 0 Å². The van der Waals surface area contributed by atoms with Crippen molar-refractivity contribution < 1.29 is 0 Å². The fourth-order valence-corrected chi connectivity index (χ4v) is 3.62. The molecule has 1 aliphatic carbocycles. The fraction of sp³-hybridized carbons (Fsp3) is 1.00. The molecule has 0 aliphatic heterocycles. The SMILES string of the molecule is CCCNC1CCC(C(C)(C)C)CC1N(C)CCC(C)C. The lowest BCUT2D eigenvalue weighted by molar-refractivity contribution is 0.0701. The van der Waals surface area contributed by atoms with E-state index < -0.39 is 0 Å². The van der Waals surface area contributed by atoms with E-state index in [4.69, 9.17) is 0 Å². The number of hydrogen-bond acceptors (Lipinski definition) is 2. The number of rotatable bonds is 7. The van der Waals surface area contributed by atoms with Crippen molar-refractivity contribution in [3.63, 3.8) is 0 Å². The summed E-state index contributed by atoms with van der Waals surface area (Å²) in [5.41, 5.74) is 0.451. The number of nitrogens with zero attached hydrogens (tertiary/aromatic N) is 1. The molecule has 3 unspecified atom stereocenters. The Balaban J connectivity index is 2.68. The third-order valence-corrected chi connectivity index (χ3v) is 5.32. The van der Waals surface area contributed by atoms with Gasteiger partial charge in [-0.2, -0.15) is 0 Å². The van der Waals surface area contributed by atoms with E-state index in [0.29, 0.717) is 17.5 Å². The van der Waals surface area contributed by atoms with Crippen molar-refractivity contribution in [2.45, 2.75) is 85.7 Å². The van der Waals surface area contributed by atoms with Crippen LogP contribution in [0.3, 0.4) is 0 Å². The maximum Gasteiger partial charge on any atom is 0.0249 e. The predicted octanol–water partition coefficient (Wildman–Crippen LogP) is 4.55. The summed E-state index contributed by atoms with van der Waals surface area (Å²) in [6.07, 6.45) is 6.65. The Kier molecular flexibility index (Phi) is 7.70.